The zero-order chi connectivity index (χ0) is 48.1. The largest absolute Gasteiger partial charge is 0.462 e. The van der Waals surface area contributed by atoms with Gasteiger partial charge in [-0.2, -0.15) is 0 Å². The number of amides is 1. The lowest BCUT2D eigenvalue weighted by Crippen LogP contribution is -2.46. The van der Waals surface area contributed by atoms with E-state index in [1.165, 1.54) is 135 Å². The van der Waals surface area contributed by atoms with Crippen molar-refractivity contribution in [2.75, 3.05) is 6.61 Å². The number of aliphatic hydroxyl groups excluding tert-OH is 2. The number of esters is 1. The molecule has 0 fully saturated rings. The molecule has 0 rings (SSSR count). The van der Waals surface area contributed by atoms with Crippen LogP contribution < -0.4 is 5.32 Å². The van der Waals surface area contributed by atoms with Crippen LogP contribution in [0.25, 0.3) is 0 Å². The van der Waals surface area contributed by atoms with Crippen molar-refractivity contribution in [2.45, 2.75) is 289 Å². The van der Waals surface area contributed by atoms with Gasteiger partial charge >= 0.3 is 5.97 Å². The first kappa shape index (κ1) is 63.3. The molecule has 0 aliphatic rings. The van der Waals surface area contributed by atoms with Crippen LogP contribution in [0.15, 0.2) is 72.9 Å². The number of unbranched alkanes of at least 4 members (excludes halogenated alkanes) is 26. The number of hydrogen-bond acceptors (Lipinski definition) is 5. The number of rotatable bonds is 50. The SMILES string of the molecule is CC/C=C/C/C=C/C/C=C/C/C=C/CCCC(CC(=O)NC(CO)C(O)CCCCCCCCCCCCCCCCCC)OC(=O)CCCCCCCCC/C=C\C/C=C\CCCCC. The molecule has 3 N–H and O–H groups in total. The first-order chi connectivity index (χ1) is 32.5. The summed E-state index contributed by atoms with van der Waals surface area (Å²) in [6, 6.07) is -0.724. The number of carbonyl (C=O) groups is 2. The molecule has 1 amide bonds. The van der Waals surface area contributed by atoms with E-state index in [4.69, 9.17) is 4.74 Å². The average Bonchev–Trinajstić information content (AvgIpc) is 3.31. The number of ether oxygens (including phenoxy) is 1. The van der Waals surface area contributed by atoms with E-state index in [0.29, 0.717) is 19.3 Å². The maximum atomic E-state index is 13.2. The normalized spacial score (nSPS) is 13.7. The summed E-state index contributed by atoms with van der Waals surface area (Å²) in [6.45, 7) is 6.34. The fourth-order valence-corrected chi connectivity index (χ4v) is 8.28. The van der Waals surface area contributed by atoms with E-state index >= 15 is 0 Å². The standard InChI is InChI=1S/C60H107NO5/c1-4-7-10-13-16-19-22-25-28-30-32-35-38-41-44-47-50-53-60(65)66-56(51-48-45-42-39-36-33-27-24-21-18-15-12-9-6-3)54-59(64)61-57(55-62)58(63)52-49-46-43-40-37-34-31-29-26-23-20-17-14-11-8-5-2/h9,12,16,18-19,21,25,27-28,33,39,42,56-58,62-63H,4-8,10-11,13-15,17,20,22-24,26,29-32,34-38,40-41,43-55H2,1-3H3,(H,61,64)/b12-9+,19-16-,21-18+,28-25-,33-27+,42-39+. The van der Waals surface area contributed by atoms with Crippen molar-refractivity contribution in [3.05, 3.63) is 72.9 Å². The van der Waals surface area contributed by atoms with Gasteiger partial charge in [0, 0.05) is 6.42 Å². The van der Waals surface area contributed by atoms with Gasteiger partial charge in [-0.05, 0) is 89.9 Å². The number of nitrogens with one attached hydrogen (secondary N) is 1. The van der Waals surface area contributed by atoms with Crippen molar-refractivity contribution in [3.63, 3.8) is 0 Å². The smallest absolute Gasteiger partial charge is 0.306 e. The Hall–Kier alpha value is -2.70. The number of carbonyl (C=O) groups excluding carboxylic acids is 2. The zero-order valence-corrected chi connectivity index (χ0v) is 43.6. The molecule has 0 aliphatic carbocycles. The van der Waals surface area contributed by atoms with Crippen LogP contribution in [0.2, 0.25) is 0 Å². The van der Waals surface area contributed by atoms with Gasteiger partial charge in [0.1, 0.15) is 6.10 Å². The molecule has 6 nitrogen and oxygen atoms in total. The van der Waals surface area contributed by atoms with Gasteiger partial charge in [-0.3, -0.25) is 9.59 Å². The van der Waals surface area contributed by atoms with Gasteiger partial charge in [-0.1, -0.05) is 241 Å². The lowest BCUT2D eigenvalue weighted by molar-refractivity contribution is -0.151. The Balaban J connectivity index is 4.61. The second-order valence-corrected chi connectivity index (χ2v) is 19.0. The lowest BCUT2D eigenvalue weighted by atomic mass is 10.0. The van der Waals surface area contributed by atoms with Crippen LogP contribution in [-0.2, 0) is 14.3 Å². The maximum absolute atomic E-state index is 13.2. The Morgan fingerprint density at radius 3 is 1.30 bits per heavy atom. The minimum absolute atomic E-state index is 0.0349. The Kier molecular flexibility index (Phi) is 51.1. The Bertz CT molecular complexity index is 1220. The summed E-state index contributed by atoms with van der Waals surface area (Å²) < 4.78 is 5.92. The highest BCUT2D eigenvalue weighted by atomic mass is 16.5. The highest BCUT2D eigenvalue weighted by Gasteiger charge is 2.24. The van der Waals surface area contributed by atoms with Crippen molar-refractivity contribution >= 4 is 11.9 Å². The van der Waals surface area contributed by atoms with E-state index in [0.717, 1.165) is 89.9 Å². The summed E-state index contributed by atoms with van der Waals surface area (Å²) in [7, 11) is 0. The summed E-state index contributed by atoms with van der Waals surface area (Å²) in [5.41, 5.74) is 0. The summed E-state index contributed by atoms with van der Waals surface area (Å²) in [6.07, 6.45) is 68.2. The third-order valence-corrected chi connectivity index (χ3v) is 12.5. The minimum Gasteiger partial charge on any atom is -0.462 e. The van der Waals surface area contributed by atoms with E-state index in [-0.39, 0.29) is 24.9 Å². The van der Waals surface area contributed by atoms with E-state index < -0.39 is 18.2 Å². The van der Waals surface area contributed by atoms with Crippen LogP contribution in [0.1, 0.15) is 271 Å². The molecule has 0 saturated heterocycles. The molecular formula is C60H107NO5. The topological polar surface area (TPSA) is 95.9 Å². The summed E-state index contributed by atoms with van der Waals surface area (Å²) in [5, 5.41) is 23.8. The lowest BCUT2D eigenvalue weighted by Gasteiger charge is -2.24. The minimum atomic E-state index is -0.807. The molecule has 0 saturated carbocycles. The van der Waals surface area contributed by atoms with Crippen molar-refractivity contribution in [1.29, 1.82) is 0 Å². The monoisotopic (exact) mass is 922 g/mol. The Morgan fingerprint density at radius 1 is 0.455 bits per heavy atom. The number of allylic oxidation sites excluding steroid dienone is 12. The van der Waals surface area contributed by atoms with Gasteiger partial charge in [0.25, 0.3) is 0 Å². The third kappa shape index (κ3) is 47.8. The van der Waals surface area contributed by atoms with E-state index in [1.807, 2.05) is 0 Å². The first-order valence-corrected chi connectivity index (χ1v) is 28.2. The molecule has 0 bridgehead atoms. The summed E-state index contributed by atoms with van der Waals surface area (Å²) in [5.74, 6) is -0.534. The van der Waals surface area contributed by atoms with Crippen molar-refractivity contribution in [1.82, 2.24) is 5.32 Å². The van der Waals surface area contributed by atoms with Crippen LogP contribution >= 0.6 is 0 Å². The predicted octanol–water partition coefficient (Wildman–Crippen LogP) is 17.3. The molecule has 0 aromatic heterocycles. The quantitative estimate of drug-likeness (QED) is 0.0321. The molecule has 6 heteroatoms. The van der Waals surface area contributed by atoms with Crippen molar-refractivity contribution in [3.8, 4) is 0 Å². The fourth-order valence-electron chi connectivity index (χ4n) is 8.28. The molecule has 0 radical (unpaired) electrons. The highest BCUT2D eigenvalue weighted by Crippen LogP contribution is 2.17. The Morgan fingerprint density at radius 2 is 0.833 bits per heavy atom. The van der Waals surface area contributed by atoms with E-state index in [1.54, 1.807) is 0 Å². The molecule has 0 aromatic carbocycles. The highest BCUT2D eigenvalue weighted by molar-refractivity contribution is 5.77. The van der Waals surface area contributed by atoms with Crippen LogP contribution in [0.5, 0.6) is 0 Å². The third-order valence-electron chi connectivity index (χ3n) is 12.5. The Labute approximate surface area is 409 Å². The second-order valence-electron chi connectivity index (χ2n) is 19.0. The molecular weight excluding hydrogens is 815 g/mol. The van der Waals surface area contributed by atoms with E-state index in [9.17, 15) is 19.8 Å². The molecule has 66 heavy (non-hydrogen) atoms. The van der Waals surface area contributed by atoms with Gasteiger partial charge in [0.2, 0.25) is 5.91 Å². The molecule has 0 heterocycles. The van der Waals surface area contributed by atoms with Gasteiger partial charge in [0.15, 0.2) is 0 Å². The van der Waals surface area contributed by atoms with Crippen LogP contribution in [-0.4, -0.2) is 46.9 Å². The van der Waals surface area contributed by atoms with Crippen LogP contribution in [0.4, 0.5) is 0 Å². The maximum Gasteiger partial charge on any atom is 0.306 e. The molecule has 382 valence electrons. The summed E-state index contributed by atoms with van der Waals surface area (Å²) in [4.78, 5) is 26.2. The molecule has 3 atom stereocenters. The van der Waals surface area contributed by atoms with Gasteiger partial charge < -0.3 is 20.3 Å². The molecule has 0 spiro atoms. The molecule has 0 aromatic rings. The van der Waals surface area contributed by atoms with Crippen LogP contribution in [0.3, 0.4) is 0 Å². The fraction of sp³-hybridized carbons (Fsp3) is 0.767. The van der Waals surface area contributed by atoms with Crippen LogP contribution in [0, 0.1) is 0 Å². The first-order valence-electron chi connectivity index (χ1n) is 28.2. The molecule has 0 aliphatic heterocycles. The number of aliphatic hydroxyl groups is 2. The number of hydrogen-bond donors (Lipinski definition) is 3. The zero-order valence-electron chi connectivity index (χ0n) is 43.6. The van der Waals surface area contributed by atoms with Gasteiger partial charge in [-0.15, -0.1) is 0 Å². The van der Waals surface area contributed by atoms with E-state index in [2.05, 4.69) is 99.0 Å². The second kappa shape index (κ2) is 53.3. The van der Waals surface area contributed by atoms with Gasteiger partial charge in [0.05, 0.1) is 25.2 Å². The van der Waals surface area contributed by atoms with Crippen molar-refractivity contribution < 1.29 is 24.5 Å². The molecule has 3 unspecified atom stereocenters. The van der Waals surface area contributed by atoms with Gasteiger partial charge in [-0.25, -0.2) is 0 Å². The van der Waals surface area contributed by atoms with Crippen molar-refractivity contribution in [2.24, 2.45) is 0 Å². The predicted molar refractivity (Wildman–Crippen MR) is 287 cm³/mol. The average molecular weight is 923 g/mol. The summed E-state index contributed by atoms with van der Waals surface area (Å²) >= 11 is 0.